The quantitative estimate of drug-likeness (QED) is 0.274. The standard InChI is InChI=1S/C27H24BrClN6O3/c1-15-8-10-19(11-9-15)31-26(36)23-16(2)30-27-32-33-34-35(27)24(23)18-12-20(28)25(22(13-18)37-3)38-14-17-6-4-5-7-21(17)29/h4-13,24H,14H2,1-3H3,(H,31,36)(H,30,32,34). The maximum atomic E-state index is 13.6. The predicted octanol–water partition coefficient (Wildman–Crippen LogP) is 5.91. The number of hydrogen-bond donors (Lipinski definition) is 2. The molecule has 1 unspecified atom stereocenters. The van der Waals surface area contributed by atoms with Crippen LogP contribution in [0.15, 0.2) is 76.4 Å². The number of aryl methyl sites for hydroxylation is 1. The fraction of sp³-hybridized carbons (Fsp3) is 0.185. The van der Waals surface area contributed by atoms with E-state index in [0.29, 0.717) is 43.9 Å². The van der Waals surface area contributed by atoms with Gasteiger partial charge in [-0.25, -0.2) is 0 Å². The summed E-state index contributed by atoms with van der Waals surface area (Å²) in [5.74, 6) is 1.13. The molecule has 0 spiro atoms. The Labute approximate surface area is 232 Å². The van der Waals surface area contributed by atoms with Crippen molar-refractivity contribution >= 4 is 45.1 Å². The number of allylic oxidation sites excluding steroid dienone is 1. The summed E-state index contributed by atoms with van der Waals surface area (Å²) < 4.78 is 14.0. The van der Waals surface area contributed by atoms with Crippen molar-refractivity contribution < 1.29 is 14.3 Å². The molecule has 1 amide bonds. The Kier molecular flexibility index (Phi) is 7.35. The van der Waals surface area contributed by atoms with E-state index in [1.54, 1.807) is 11.8 Å². The number of anilines is 2. The van der Waals surface area contributed by atoms with E-state index in [1.807, 2.05) is 74.5 Å². The highest BCUT2D eigenvalue weighted by atomic mass is 79.9. The monoisotopic (exact) mass is 594 g/mol. The van der Waals surface area contributed by atoms with Crippen molar-refractivity contribution in [2.75, 3.05) is 17.7 Å². The molecule has 1 aromatic heterocycles. The number of fused-ring (bicyclic) bond motifs is 1. The lowest BCUT2D eigenvalue weighted by Crippen LogP contribution is -2.31. The van der Waals surface area contributed by atoms with Gasteiger partial charge in [0.25, 0.3) is 5.91 Å². The van der Waals surface area contributed by atoms with Crippen LogP contribution in [-0.4, -0.2) is 33.2 Å². The molecule has 3 aromatic carbocycles. The van der Waals surface area contributed by atoms with Crippen LogP contribution in [-0.2, 0) is 11.4 Å². The molecule has 9 nitrogen and oxygen atoms in total. The zero-order valence-corrected chi connectivity index (χ0v) is 23.2. The Balaban J connectivity index is 1.51. The van der Waals surface area contributed by atoms with Crippen LogP contribution in [0, 0.1) is 6.92 Å². The summed E-state index contributed by atoms with van der Waals surface area (Å²) >= 11 is 9.93. The van der Waals surface area contributed by atoms with Gasteiger partial charge in [0.1, 0.15) is 12.6 Å². The van der Waals surface area contributed by atoms with Crippen LogP contribution in [0.5, 0.6) is 11.5 Å². The second kappa shape index (κ2) is 10.8. The zero-order valence-electron chi connectivity index (χ0n) is 20.8. The molecule has 0 radical (unpaired) electrons. The highest BCUT2D eigenvalue weighted by molar-refractivity contribution is 9.10. The summed E-state index contributed by atoms with van der Waals surface area (Å²) in [6, 6.07) is 18.2. The molecular weight excluding hydrogens is 572 g/mol. The lowest BCUT2D eigenvalue weighted by molar-refractivity contribution is -0.113. The number of aromatic nitrogens is 4. The Morgan fingerprint density at radius 3 is 2.66 bits per heavy atom. The third-order valence-corrected chi connectivity index (χ3v) is 7.12. The Morgan fingerprint density at radius 2 is 1.92 bits per heavy atom. The van der Waals surface area contributed by atoms with E-state index in [1.165, 1.54) is 0 Å². The maximum absolute atomic E-state index is 13.6. The molecular formula is C27H24BrClN6O3. The van der Waals surface area contributed by atoms with Crippen LogP contribution in [0.3, 0.4) is 0 Å². The molecule has 0 bridgehead atoms. The summed E-state index contributed by atoms with van der Waals surface area (Å²) in [4.78, 5) is 13.6. The number of hydrogen-bond acceptors (Lipinski definition) is 7. The molecule has 194 valence electrons. The van der Waals surface area contributed by atoms with Crippen LogP contribution in [0.25, 0.3) is 0 Å². The van der Waals surface area contributed by atoms with Gasteiger partial charge in [0.2, 0.25) is 5.95 Å². The summed E-state index contributed by atoms with van der Waals surface area (Å²) in [5, 5.41) is 18.8. The average molecular weight is 596 g/mol. The van der Waals surface area contributed by atoms with E-state index >= 15 is 0 Å². The minimum atomic E-state index is -0.630. The number of nitrogens with zero attached hydrogens (tertiary/aromatic N) is 4. The van der Waals surface area contributed by atoms with Gasteiger partial charge in [-0.2, -0.15) is 4.68 Å². The van der Waals surface area contributed by atoms with Crippen molar-refractivity contribution in [2.45, 2.75) is 26.5 Å². The minimum Gasteiger partial charge on any atom is -0.493 e. The number of ether oxygens (including phenoxy) is 2. The fourth-order valence-electron chi connectivity index (χ4n) is 4.25. The van der Waals surface area contributed by atoms with Crippen LogP contribution < -0.4 is 20.1 Å². The first-order valence-electron chi connectivity index (χ1n) is 11.7. The Hall–Kier alpha value is -3.89. The molecule has 38 heavy (non-hydrogen) atoms. The van der Waals surface area contributed by atoms with Crippen LogP contribution in [0.4, 0.5) is 11.6 Å². The SMILES string of the molecule is COc1cc(C2C(C(=O)Nc3ccc(C)cc3)=C(C)Nc3nnnn32)cc(Br)c1OCc1ccccc1Cl. The maximum Gasteiger partial charge on any atom is 0.255 e. The fourth-order valence-corrected chi connectivity index (χ4v) is 5.02. The number of amides is 1. The first-order valence-corrected chi connectivity index (χ1v) is 12.9. The van der Waals surface area contributed by atoms with E-state index in [4.69, 9.17) is 21.1 Å². The molecule has 2 N–H and O–H groups in total. The molecule has 0 aliphatic carbocycles. The molecule has 0 saturated heterocycles. The number of rotatable bonds is 7. The molecule has 11 heteroatoms. The normalized spacial score (nSPS) is 14.5. The van der Waals surface area contributed by atoms with Gasteiger partial charge in [-0.15, -0.1) is 0 Å². The van der Waals surface area contributed by atoms with E-state index in [0.717, 1.165) is 16.7 Å². The van der Waals surface area contributed by atoms with Gasteiger partial charge in [-0.05, 0) is 76.1 Å². The smallest absolute Gasteiger partial charge is 0.255 e. The van der Waals surface area contributed by atoms with E-state index in [2.05, 4.69) is 42.1 Å². The largest absolute Gasteiger partial charge is 0.493 e. The summed E-state index contributed by atoms with van der Waals surface area (Å²) in [7, 11) is 1.56. The first-order chi connectivity index (χ1) is 18.4. The zero-order chi connectivity index (χ0) is 26.8. The van der Waals surface area contributed by atoms with Crippen molar-refractivity contribution in [2.24, 2.45) is 0 Å². The van der Waals surface area contributed by atoms with Crippen LogP contribution >= 0.6 is 27.5 Å². The lowest BCUT2D eigenvalue weighted by atomic mass is 9.94. The summed E-state index contributed by atoms with van der Waals surface area (Å²) in [6.07, 6.45) is 0. The van der Waals surface area contributed by atoms with Crippen LogP contribution in [0.1, 0.15) is 29.7 Å². The third kappa shape index (κ3) is 5.09. The second-order valence-corrected chi connectivity index (χ2v) is 10.0. The molecule has 5 rings (SSSR count). The highest BCUT2D eigenvalue weighted by Crippen LogP contribution is 2.43. The van der Waals surface area contributed by atoms with Gasteiger partial charge in [0.15, 0.2) is 11.5 Å². The second-order valence-electron chi connectivity index (χ2n) is 8.75. The molecule has 0 saturated carbocycles. The van der Waals surface area contributed by atoms with Crippen molar-refractivity contribution in [3.8, 4) is 11.5 Å². The van der Waals surface area contributed by atoms with Crippen molar-refractivity contribution in [1.82, 2.24) is 20.2 Å². The van der Waals surface area contributed by atoms with Crippen LogP contribution in [0.2, 0.25) is 5.02 Å². The summed E-state index contributed by atoms with van der Waals surface area (Å²) in [6.45, 7) is 4.07. The Morgan fingerprint density at radius 1 is 1.16 bits per heavy atom. The van der Waals surface area contributed by atoms with Crippen molar-refractivity contribution in [1.29, 1.82) is 0 Å². The lowest BCUT2D eigenvalue weighted by Gasteiger charge is -2.28. The molecule has 2 heterocycles. The molecule has 1 aliphatic rings. The summed E-state index contributed by atoms with van der Waals surface area (Å²) in [5.41, 5.74) is 4.45. The molecule has 1 aliphatic heterocycles. The van der Waals surface area contributed by atoms with Gasteiger partial charge < -0.3 is 20.1 Å². The number of carbonyl (C=O) groups is 1. The first kappa shape index (κ1) is 25.7. The van der Waals surface area contributed by atoms with Crippen molar-refractivity contribution in [3.63, 3.8) is 0 Å². The van der Waals surface area contributed by atoms with Crippen molar-refractivity contribution in [3.05, 3.63) is 98.1 Å². The minimum absolute atomic E-state index is 0.252. The van der Waals surface area contributed by atoms with Gasteiger partial charge in [-0.3, -0.25) is 4.79 Å². The highest BCUT2D eigenvalue weighted by Gasteiger charge is 2.35. The predicted molar refractivity (Wildman–Crippen MR) is 149 cm³/mol. The van der Waals surface area contributed by atoms with Gasteiger partial charge in [0, 0.05) is 22.0 Å². The molecule has 1 atom stereocenters. The molecule has 4 aromatic rings. The van der Waals surface area contributed by atoms with Gasteiger partial charge in [0.05, 0.1) is 17.2 Å². The van der Waals surface area contributed by atoms with E-state index in [-0.39, 0.29) is 12.5 Å². The number of benzene rings is 3. The number of methoxy groups -OCH3 is 1. The molecule has 0 fully saturated rings. The number of nitrogens with one attached hydrogen (secondary N) is 2. The van der Waals surface area contributed by atoms with Gasteiger partial charge in [-0.1, -0.05) is 52.6 Å². The number of tetrazole rings is 1. The Bertz CT molecular complexity index is 1540. The topological polar surface area (TPSA) is 103 Å². The van der Waals surface area contributed by atoms with Gasteiger partial charge >= 0.3 is 0 Å². The average Bonchev–Trinajstić information content (AvgIpc) is 3.37. The third-order valence-electron chi connectivity index (χ3n) is 6.17. The van der Waals surface area contributed by atoms with E-state index < -0.39 is 6.04 Å². The number of carbonyl (C=O) groups excluding carboxylic acids is 1. The number of halogens is 2. The van der Waals surface area contributed by atoms with E-state index in [9.17, 15) is 4.79 Å².